The van der Waals surface area contributed by atoms with Crippen molar-refractivity contribution >= 4 is 68.3 Å². The van der Waals surface area contributed by atoms with Crippen LogP contribution in [0.1, 0.15) is 101 Å². The number of nitrogens with one attached hydrogen (secondary N) is 4. The molecule has 484 valence electrons. The molecule has 7 N–H and O–H groups in total. The van der Waals surface area contributed by atoms with Gasteiger partial charge in [-0.25, -0.2) is 10.5 Å². The molecule has 6 aromatic carbocycles. The molecular weight excluding hydrogens is 1220 g/mol. The first-order valence-corrected chi connectivity index (χ1v) is 32.0. The van der Waals surface area contributed by atoms with Gasteiger partial charge in [-0.05, 0) is 154 Å². The molecule has 3 spiro atoms. The number of nitrogens with zero attached hydrogens (tertiary/aromatic N) is 4. The Kier molecular flexibility index (Phi) is 16.4. The number of fused-ring (bicyclic) bond motifs is 3. The summed E-state index contributed by atoms with van der Waals surface area (Å²) in [5, 5.41) is 39.5. The van der Waals surface area contributed by atoms with Crippen LogP contribution in [0.5, 0.6) is 17.2 Å². The molecule has 20 nitrogen and oxygen atoms in total. The van der Waals surface area contributed by atoms with Crippen LogP contribution in [0, 0.1) is 47.8 Å². The van der Waals surface area contributed by atoms with E-state index in [9.17, 15) is 39.0 Å². The Labute approximate surface area is 551 Å². The molecule has 6 fully saturated rings. The number of carbonyl (C=O) groups excluding carboxylic acids is 4. The molecule has 6 aliphatic rings. The van der Waals surface area contributed by atoms with Crippen LogP contribution in [0.2, 0.25) is 0 Å². The van der Waals surface area contributed by atoms with Crippen molar-refractivity contribution in [1.29, 1.82) is 0 Å². The van der Waals surface area contributed by atoms with E-state index in [0.717, 1.165) is 100 Å². The molecule has 4 aromatic heterocycles. The number of carboxylic acid groups (broad SMARTS) is 2. The Morgan fingerprint density at radius 2 is 0.833 bits per heavy atom. The molecule has 3 aliphatic heterocycles. The van der Waals surface area contributed by atoms with Gasteiger partial charge in [0.05, 0.1) is 74.4 Å². The van der Waals surface area contributed by atoms with Crippen molar-refractivity contribution in [3.63, 3.8) is 0 Å². The molecule has 3 saturated heterocycles. The molecule has 10 aromatic rings. The molecule has 9 atom stereocenters. The van der Waals surface area contributed by atoms with E-state index in [1.807, 2.05) is 190 Å². The van der Waals surface area contributed by atoms with Crippen molar-refractivity contribution in [3.8, 4) is 28.5 Å². The maximum atomic E-state index is 12.4. The molecule has 3 saturated carbocycles. The smallest absolute Gasteiger partial charge is 0.307 e. The predicted molar refractivity (Wildman–Crippen MR) is 354 cm³/mol. The molecule has 96 heavy (non-hydrogen) atoms. The lowest BCUT2D eigenvalue weighted by Crippen LogP contribution is -2.28. The number of aromatic nitrogens is 4. The molecule has 0 bridgehead atoms. The molecule has 16 rings (SSSR count). The molecule has 7 heterocycles. The highest BCUT2D eigenvalue weighted by Gasteiger charge is 2.69. The van der Waals surface area contributed by atoms with Crippen LogP contribution in [0.3, 0.4) is 0 Å². The van der Waals surface area contributed by atoms with Crippen LogP contribution in [0.25, 0.3) is 44.0 Å². The van der Waals surface area contributed by atoms with E-state index in [2.05, 4.69) is 30.9 Å². The second-order valence-electron chi connectivity index (χ2n) is 26.0. The molecule has 3 unspecified atom stereocenters. The Bertz CT molecular complexity index is 4710. The Hall–Kier alpha value is -11.1. The monoisotopic (exact) mass is 1280 g/mol. The van der Waals surface area contributed by atoms with Gasteiger partial charge < -0.3 is 40.4 Å². The minimum atomic E-state index is -0.889. The summed E-state index contributed by atoms with van der Waals surface area (Å²) in [6.45, 7) is 5.20. The van der Waals surface area contributed by atoms with Crippen molar-refractivity contribution in [3.05, 3.63) is 233 Å². The number of rotatable bonds is 16. The Balaban J connectivity index is 0.000000124. The number of ether oxygens (including phenoxy) is 3. The third kappa shape index (κ3) is 12.3. The summed E-state index contributed by atoms with van der Waals surface area (Å²) >= 11 is 0. The van der Waals surface area contributed by atoms with Gasteiger partial charge in [-0.2, -0.15) is 0 Å². The zero-order chi connectivity index (χ0) is 66.5. The predicted octanol–water partition coefficient (Wildman–Crippen LogP) is 11.5. The van der Waals surface area contributed by atoms with E-state index in [1.54, 1.807) is 17.9 Å². The van der Waals surface area contributed by atoms with Crippen LogP contribution >= 0.6 is 0 Å². The van der Waals surface area contributed by atoms with Crippen molar-refractivity contribution in [2.24, 2.45) is 34.0 Å². The van der Waals surface area contributed by atoms with Crippen molar-refractivity contribution < 1.29 is 58.4 Å². The van der Waals surface area contributed by atoms with Gasteiger partial charge in [0.1, 0.15) is 37.1 Å². The fourth-order valence-corrected chi connectivity index (χ4v) is 14.4. The van der Waals surface area contributed by atoms with Crippen LogP contribution in [-0.2, 0) is 48.6 Å². The zero-order valence-electron chi connectivity index (χ0n) is 52.5. The number of hydroxylamine groups is 1. The number of carboxylic acids is 2. The lowest BCUT2D eigenvalue weighted by atomic mass is 9.95. The van der Waals surface area contributed by atoms with Gasteiger partial charge in [0.2, 0.25) is 23.6 Å². The highest BCUT2D eigenvalue weighted by molar-refractivity contribution is 5.98. The van der Waals surface area contributed by atoms with Gasteiger partial charge in [-0.15, -0.1) is 0 Å². The number of para-hydroxylation sites is 3. The molecule has 20 heteroatoms. The van der Waals surface area contributed by atoms with Crippen LogP contribution in [-0.4, -0.2) is 70.9 Å². The largest absolute Gasteiger partial charge is 0.489 e. The van der Waals surface area contributed by atoms with Gasteiger partial charge >= 0.3 is 11.9 Å². The topological polar surface area (TPSA) is 290 Å². The molecular formula is C76H68N8O12. The Morgan fingerprint density at radius 1 is 0.469 bits per heavy atom. The third-order valence-corrected chi connectivity index (χ3v) is 19.9. The third-order valence-electron chi connectivity index (χ3n) is 19.9. The maximum Gasteiger partial charge on any atom is 0.307 e. The van der Waals surface area contributed by atoms with Gasteiger partial charge in [-0.1, -0.05) is 91.0 Å². The summed E-state index contributed by atoms with van der Waals surface area (Å²) < 4.78 is 18.1. The molecule has 0 radical (unpaired) electrons. The van der Waals surface area contributed by atoms with Crippen molar-refractivity contribution in [2.45, 2.75) is 90.3 Å². The highest BCUT2D eigenvalue weighted by atomic mass is 16.5. The summed E-state index contributed by atoms with van der Waals surface area (Å²) in [6, 6.07) is 56.5. The van der Waals surface area contributed by atoms with E-state index >= 15 is 0 Å². The first kappa shape index (κ1) is 62.3. The zero-order valence-corrected chi connectivity index (χ0v) is 52.5. The Morgan fingerprint density at radius 3 is 1.20 bits per heavy atom. The van der Waals surface area contributed by atoms with Crippen molar-refractivity contribution in [2.75, 3.05) is 0 Å². The lowest BCUT2D eigenvalue weighted by Gasteiger charge is -2.13. The fourth-order valence-electron chi connectivity index (χ4n) is 14.4. The van der Waals surface area contributed by atoms with E-state index in [0.29, 0.717) is 64.1 Å². The average molecular weight is 1290 g/mol. The van der Waals surface area contributed by atoms with E-state index in [1.165, 1.54) is 0 Å². The second kappa shape index (κ2) is 25.3. The standard InChI is InChI=1S/C28H23N3O4.C24H23N3O4.C24H22N2O4/c32-26(33)22-13-28(22)14-25(31-27(28)34)17-7-9-20(10-8-17)35-16-19-12-24(18-4-3-11-29-15-18)30-23-6-2-1-5-21(19)23;1-14-10-16(18-4-2-3-5-20(18)25-14)13-31-17-8-6-15(7-9-17)21-12-24(23(29)26-21)11-19(24)22(28)27-30;1-14-10-16(18-4-2-3-5-20(18)25-14)13-30-17-8-6-15(7-9-17)21-12-24(23(29)26-21)11-19(24)22(27)28/h1-12,15,22,25H,13-14,16H2,(H,31,34)(H,32,33);2-10,19,21,30H,11-13H2,1H3,(H,26,29)(H,27,28);2-10,19,21H,11-13H2,1H3,(H,26,29)(H,27,28)/t22-,25?,28-;2*19-,21?,24-/m111/s1. The normalized spacial score (nSPS) is 23.9. The minimum absolute atomic E-state index is 0.119. The average Bonchev–Trinajstić information content (AvgIpc) is 1.64. The molecule has 4 amide bonds. The summed E-state index contributed by atoms with van der Waals surface area (Å²) in [7, 11) is 0. The fraction of sp³-hybridized carbons (Fsp3) is 0.263. The maximum absolute atomic E-state index is 12.4. The van der Waals surface area contributed by atoms with E-state index < -0.39 is 51.8 Å². The number of pyridine rings is 4. The number of aliphatic carboxylic acids is 2. The van der Waals surface area contributed by atoms with Gasteiger partial charge in [0.25, 0.3) is 0 Å². The number of carbonyl (C=O) groups is 6. The number of aryl methyl sites for hydroxylation is 2. The number of hydrogen-bond acceptors (Lipinski definition) is 14. The summed E-state index contributed by atoms with van der Waals surface area (Å²) in [6.07, 6.45) is 6.47. The second-order valence-corrected chi connectivity index (χ2v) is 26.0. The summed E-state index contributed by atoms with van der Waals surface area (Å²) in [5.41, 5.74) is 12.1. The SMILES string of the molecule is Cc1cc(COc2ccc(C3C[C@@]4(C[C@@H]4C(=O)NO)C(=O)N3)cc2)c2ccccc2n1.Cc1cc(COc2ccc(C3C[C@@]4(C[C@@H]4C(=O)O)C(=O)N3)cc2)c2ccccc2n1.O=C(O)[C@H]1C[C@@]12CC(c1ccc(OCc3cc(-c4cccnc4)nc4ccccc34)cc1)NC2=O. The lowest BCUT2D eigenvalue weighted by molar-refractivity contribution is -0.141. The highest BCUT2D eigenvalue weighted by Crippen LogP contribution is 2.63. The van der Waals surface area contributed by atoms with Gasteiger partial charge in [0, 0.05) is 62.2 Å². The van der Waals surface area contributed by atoms with Gasteiger partial charge in [0.15, 0.2) is 0 Å². The quantitative estimate of drug-likeness (QED) is 0.0349. The first-order valence-electron chi connectivity index (χ1n) is 32.0. The first-order chi connectivity index (χ1) is 46.5. The van der Waals surface area contributed by atoms with Crippen LogP contribution in [0.4, 0.5) is 0 Å². The van der Waals surface area contributed by atoms with Crippen LogP contribution < -0.4 is 35.6 Å². The summed E-state index contributed by atoms with van der Waals surface area (Å²) in [4.78, 5) is 89.5. The van der Waals surface area contributed by atoms with E-state index in [4.69, 9.17) is 24.4 Å². The van der Waals surface area contributed by atoms with Crippen molar-refractivity contribution in [1.82, 2.24) is 41.4 Å². The number of benzene rings is 6. The minimum Gasteiger partial charge on any atom is -0.489 e. The van der Waals surface area contributed by atoms with E-state index in [-0.39, 0.29) is 35.8 Å². The summed E-state index contributed by atoms with van der Waals surface area (Å²) in [5.74, 6) is -2.04. The number of amides is 4. The van der Waals surface area contributed by atoms with Gasteiger partial charge in [-0.3, -0.25) is 48.9 Å². The van der Waals surface area contributed by atoms with Crippen LogP contribution in [0.15, 0.2) is 188 Å². The number of hydrogen-bond donors (Lipinski definition) is 7. The molecule has 3 aliphatic carbocycles.